The molecule has 0 spiro atoms. The van der Waals surface area contributed by atoms with Crippen molar-refractivity contribution in [1.29, 1.82) is 0 Å². The summed E-state index contributed by atoms with van der Waals surface area (Å²) in [6.07, 6.45) is 2.13. The van der Waals surface area contributed by atoms with E-state index in [9.17, 15) is 9.90 Å². The summed E-state index contributed by atoms with van der Waals surface area (Å²) in [6, 6.07) is 3.21. The Morgan fingerprint density at radius 1 is 1.53 bits per heavy atom. The number of aromatic hydroxyl groups is 1. The second kappa shape index (κ2) is 4.11. The summed E-state index contributed by atoms with van der Waals surface area (Å²) in [5, 5.41) is 21.5. The van der Waals surface area contributed by atoms with E-state index in [1.807, 2.05) is 0 Å². The van der Waals surface area contributed by atoms with Gasteiger partial charge < -0.3 is 15.5 Å². The van der Waals surface area contributed by atoms with Crippen LogP contribution in [0.5, 0.6) is 5.75 Å². The van der Waals surface area contributed by atoms with Crippen LogP contribution in [0.3, 0.4) is 0 Å². The fraction of sp³-hybridized carbons (Fsp3) is 0.417. The van der Waals surface area contributed by atoms with Gasteiger partial charge in [0, 0.05) is 11.1 Å². The molecule has 1 aromatic rings. The standard InChI is InChI=1S/C12H14ClNO3/c1-12(2-3-12)7-4-9(14-6-11(16)17)10(15)5-8(7)13/h4-5,14-15H,2-3,6H2,1H3,(H,16,17). The molecule has 0 heterocycles. The Balaban J connectivity index is 2.29. The summed E-state index contributed by atoms with van der Waals surface area (Å²) in [5.41, 5.74) is 1.45. The zero-order valence-corrected chi connectivity index (χ0v) is 10.2. The number of carboxylic acids is 1. The van der Waals surface area contributed by atoms with E-state index in [1.165, 1.54) is 6.07 Å². The van der Waals surface area contributed by atoms with Crippen LogP contribution < -0.4 is 5.32 Å². The summed E-state index contributed by atoms with van der Waals surface area (Å²) in [6.45, 7) is 1.87. The predicted octanol–water partition coefficient (Wildman–Crippen LogP) is 2.59. The summed E-state index contributed by atoms with van der Waals surface area (Å²) < 4.78 is 0. The number of halogens is 1. The number of anilines is 1. The molecule has 0 saturated heterocycles. The highest BCUT2D eigenvalue weighted by molar-refractivity contribution is 6.31. The first-order valence-corrected chi connectivity index (χ1v) is 5.79. The molecular weight excluding hydrogens is 242 g/mol. The van der Waals surface area contributed by atoms with E-state index in [4.69, 9.17) is 16.7 Å². The first-order chi connectivity index (χ1) is 7.92. The number of rotatable bonds is 4. The largest absolute Gasteiger partial charge is 0.506 e. The number of benzene rings is 1. The zero-order chi connectivity index (χ0) is 12.6. The van der Waals surface area contributed by atoms with Crippen LogP contribution in [-0.4, -0.2) is 22.7 Å². The lowest BCUT2D eigenvalue weighted by Crippen LogP contribution is -2.13. The van der Waals surface area contributed by atoms with Crippen LogP contribution in [0.25, 0.3) is 0 Å². The topological polar surface area (TPSA) is 69.6 Å². The van der Waals surface area contributed by atoms with Gasteiger partial charge in [-0.05, 0) is 29.9 Å². The summed E-state index contributed by atoms with van der Waals surface area (Å²) in [5.74, 6) is -0.997. The van der Waals surface area contributed by atoms with Gasteiger partial charge in [0.15, 0.2) is 0 Å². The smallest absolute Gasteiger partial charge is 0.322 e. The van der Waals surface area contributed by atoms with Gasteiger partial charge in [0.2, 0.25) is 0 Å². The van der Waals surface area contributed by atoms with E-state index in [1.54, 1.807) is 6.07 Å². The highest BCUT2D eigenvalue weighted by Crippen LogP contribution is 2.51. The van der Waals surface area contributed by atoms with E-state index in [2.05, 4.69) is 12.2 Å². The highest BCUT2D eigenvalue weighted by Gasteiger charge is 2.40. The van der Waals surface area contributed by atoms with Gasteiger partial charge in [-0.15, -0.1) is 0 Å². The third-order valence-corrected chi connectivity index (χ3v) is 3.48. The van der Waals surface area contributed by atoms with Gasteiger partial charge in [-0.25, -0.2) is 0 Å². The molecular formula is C12H14ClNO3. The average molecular weight is 256 g/mol. The lowest BCUT2D eigenvalue weighted by molar-refractivity contribution is -0.134. The monoisotopic (exact) mass is 255 g/mol. The van der Waals surface area contributed by atoms with Crippen LogP contribution in [0.1, 0.15) is 25.3 Å². The van der Waals surface area contributed by atoms with E-state index in [-0.39, 0.29) is 17.7 Å². The number of hydrogen-bond donors (Lipinski definition) is 3. The van der Waals surface area contributed by atoms with E-state index < -0.39 is 5.97 Å². The maximum atomic E-state index is 10.5. The molecule has 0 atom stereocenters. The van der Waals surface area contributed by atoms with Crippen LogP contribution in [0.15, 0.2) is 12.1 Å². The van der Waals surface area contributed by atoms with Crippen molar-refractivity contribution < 1.29 is 15.0 Å². The molecule has 1 aliphatic carbocycles. The minimum absolute atomic E-state index is 0.0238. The Morgan fingerprint density at radius 2 is 2.18 bits per heavy atom. The average Bonchev–Trinajstić information content (AvgIpc) is 2.95. The molecule has 5 heteroatoms. The molecule has 3 N–H and O–H groups in total. The number of carbonyl (C=O) groups is 1. The minimum atomic E-state index is -0.974. The van der Waals surface area contributed by atoms with Crippen LogP contribution in [0.4, 0.5) is 5.69 Å². The van der Waals surface area contributed by atoms with Crippen LogP contribution in [0.2, 0.25) is 5.02 Å². The van der Waals surface area contributed by atoms with Crippen LogP contribution in [0, 0.1) is 0 Å². The molecule has 0 unspecified atom stereocenters. The third kappa shape index (κ3) is 2.47. The molecule has 1 aromatic carbocycles. The first kappa shape index (κ1) is 12.0. The van der Waals surface area contributed by atoms with Crippen LogP contribution >= 0.6 is 11.6 Å². The van der Waals surface area contributed by atoms with Crippen molar-refractivity contribution >= 4 is 23.3 Å². The molecule has 1 saturated carbocycles. The lowest BCUT2D eigenvalue weighted by Gasteiger charge is -2.15. The van der Waals surface area contributed by atoms with E-state index >= 15 is 0 Å². The van der Waals surface area contributed by atoms with Gasteiger partial charge in [0.05, 0.1) is 5.69 Å². The number of aliphatic carboxylic acids is 1. The number of carboxylic acid groups (broad SMARTS) is 1. The summed E-state index contributed by atoms with van der Waals surface area (Å²) in [4.78, 5) is 10.5. The van der Waals surface area contributed by atoms with Gasteiger partial charge in [-0.1, -0.05) is 18.5 Å². The Kier molecular flexibility index (Phi) is 2.91. The van der Waals surface area contributed by atoms with E-state index in [0.29, 0.717) is 10.7 Å². The molecule has 17 heavy (non-hydrogen) atoms. The first-order valence-electron chi connectivity index (χ1n) is 5.41. The highest BCUT2D eigenvalue weighted by atomic mass is 35.5. The predicted molar refractivity (Wildman–Crippen MR) is 65.8 cm³/mol. The Labute approximate surface area is 104 Å². The van der Waals surface area contributed by atoms with Crippen molar-refractivity contribution in [3.05, 3.63) is 22.7 Å². The summed E-state index contributed by atoms with van der Waals surface area (Å²) in [7, 11) is 0. The molecule has 0 radical (unpaired) electrons. The second-order valence-electron chi connectivity index (χ2n) is 4.66. The van der Waals surface area contributed by atoms with Crippen molar-refractivity contribution in [2.75, 3.05) is 11.9 Å². The number of phenolic OH excluding ortho intramolecular Hbond substituents is 1. The Hall–Kier alpha value is -1.42. The number of nitrogens with one attached hydrogen (secondary N) is 1. The van der Waals surface area contributed by atoms with Gasteiger partial charge in [0.25, 0.3) is 0 Å². The molecule has 92 valence electrons. The van der Waals surface area contributed by atoms with Gasteiger partial charge >= 0.3 is 5.97 Å². The maximum absolute atomic E-state index is 10.5. The number of hydrogen-bond acceptors (Lipinski definition) is 3. The van der Waals surface area contributed by atoms with Gasteiger partial charge in [0.1, 0.15) is 12.3 Å². The second-order valence-corrected chi connectivity index (χ2v) is 5.06. The Morgan fingerprint density at radius 3 is 2.71 bits per heavy atom. The van der Waals surface area contributed by atoms with Crippen LogP contribution in [-0.2, 0) is 10.2 Å². The fourth-order valence-corrected chi connectivity index (χ4v) is 2.18. The van der Waals surface area contributed by atoms with Crippen molar-refractivity contribution in [3.63, 3.8) is 0 Å². The molecule has 1 fully saturated rings. The van der Waals surface area contributed by atoms with Gasteiger partial charge in [-0.2, -0.15) is 0 Å². The molecule has 0 aromatic heterocycles. The van der Waals surface area contributed by atoms with Crippen molar-refractivity contribution in [1.82, 2.24) is 0 Å². The quantitative estimate of drug-likeness (QED) is 0.724. The number of phenols is 1. The van der Waals surface area contributed by atoms with Crippen molar-refractivity contribution in [3.8, 4) is 5.75 Å². The molecule has 0 bridgehead atoms. The SMILES string of the molecule is CC1(c2cc(NCC(=O)O)c(O)cc2Cl)CC1. The zero-order valence-electron chi connectivity index (χ0n) is 9.46. The molecule has 0 amide bonds. The van der Waals surface area contributed by atoms with E-state index in [0.717, 1.165) is 18.4 Å². The lowest BCUT2D eigenvalue weighted by atomic mass is 9.97. The Bertz CT molecular complexity index is 469. The maximum Gasteiger partial charge on any atom is 0.322 e. The van der Waals surface area contributed by atoms with Crippen molar-refractivity contribution in [2.24, 2.45) is 0 Å². The third-order valence-electron chi connectivity index (χ3n) is 3.17. The molecule has 1 aliphatic rings. The van der Waals surface area contributed by atoms with Crippen molar-refractivity contribution in [2.45, 2.75) is 25.2 Å². The molecule has 0 aliphatic heterocycles. The normalized spacial score (nSPS) is 16.6. The molecule has 4 nitrogen and oxygen atoms in total. The summed E-state index contributed by atoms with van der Waals surface area (Å²) >= 11 is 6.08. The molecule has 2 rings (SSSR count). The van der Waals surface area contributed by atoms with Gasteiger partial charge in [-0.3, -0.25) is 4.79 Å². The minimum Gasteiger partial charge on any atom is -0.506 e. The fourth-order valence-electron chi connectivity index (χ4n) is 1.79.